The number of aromatic nitrogens is 6. The molecule has 0 amide bonds. The van der Waals surface area contributed by atoms with Crippen LogP contribution >= 0.6 is 0 Å². The average molecular weight is 741 g/mol. The molecule has 302 valence electrons. The largest absolute Gasteiger partial charge is 0.400 e. The average Bonchev–Trinajstić information content (AvgIpc) is 3.90. The molecule has 2 saturated carbocycles. The van der Waals surface area contributed by atoms with Crippen LogP contribution in [-0.2, 0) is 9.53 Å². The monoisotopic (exact) mass is 741 g/mol. The van der Waals surface area contributed by atoms with Gasteiger partial charge in [-0.2, -0.15) is 15.4 Å². The topological polar surface area (TPSA) is 139 Å². The minimum Gasteiger partial charge on any atom is -0.400 e. The zero-order chi connectivity index (χ0) is 39.4. The molecule has 10 nitrogen and oxygen atoms in total. The number of H-pyrrole nitrogens is 1. The molecule has 1 unspecified atom stereocenters. The Morgan fingerprint density at radius 3 is 1.75 bits per heavy atom. The van der Waals surface area contributed by atoms with Crippen molar-refractivity contribution in [2.75, 3.05) is 7.11 Å². The molecule has 2 aliphatic carbocycles. The molecule has 3 N–H and O–H groups in total. The van der Waals surface area contributed by atoms with E-state index < -0.39 is 0 Å². The van der Waals surface area contributed by atoms with Crippen LogP contribution in [0, 0.1) is 0 Å². The van der Waals surface area contributed by atoms with E-state index in [0.29, 0.717) is 6.10 Å². The van der Waals surface area contributed by atoms with Crippen LogP contribution in [0.5, 0.6) is 0 Å². The fraction of sp³-hybridized carbons (Fsp3) is 0.698. The molecule has 4 aromatic rings. The molecular formula is C43H76N6O4. The van der Waals surface area contributed by atoms with Crippen LogP contribution in [0.4, 0.5) is 0 Å². The Balaban J connectivity index is 0.000000742. The van der Waals surface area contributed by atoms with E-state index in [2.05, 4.69) is 51.7 Å². The van der Waals surface area contributed by atoms with Gasteiger partial charge in [-0.3, -0.25) is 0 Å². The minimum absolute atomic E-state index is 0.0300. The van der Waals surface area contributed by atoms with Crippen molar-refractivity contribution < 1.29 is 19.7 Å². The third kappa shape index (κ3) is 22.6. The Hall–Kier alpha value is -3.21. The predicted molar refractivity (Wildman–Crippen MR) is 222 cm³/mol. The van der Waals surface area contributed by atoms with Crippen molar-refractivity contribution in [3.63, 3.8) is 0 Å². The second-order valence-corrected chi connectivity index (χ2v) is 12.8. The second-order valence-electron chi connectivity index (χ2n) is 12.8. The highest BCUT2D eigenvalue weighted by atomic mass is 16.5. The van der Waals surface area contributed by atoms with Gasteiger partial charge in [-0.15, -0.1) is 5.10 Å². The number of aliphatic hydroxyl groups is 2. The van der Waals surface area contributed by atoms with Gasteiger partial charge in [0.15, 0.2) is 6.23 Å². The lowest BCUT2D eigenvalue weighted by Gasteiger charge is -2.28. The van der Waals surface area contributed by atoms with Gasteiger partial charge in [0.05, 0.1) is 17.7 Å². The first-order valence-electron chi connectivity index (χ1n) is 20.9. The highest BCUT2D eigenvalue weighted by Gasteiger charge is 2.22. The number of benzene rings is 2. The van der Waals surface area contributed by atoms with E-state index in [4.69, 9.17) is 14.9 Å². The van der Waals surface area contributed by atoms with E-state index in [0.717, 1.165) is 67.6 Å². The van der Waals surface area contributed by atoms with Gasteiger partial charge >= 0.3 is 0 Å². The number of carbonyl (C=O) groups is 1. The number of nitrogens with one attached hydrogen (secondary N) is 1. The molecule has 0 saturated heterocycles. The third-order valence-electron chi connectivity index (χ3n) is 8.83. The first kappa shape index (κ1) is 49.8. The number of rotatable bonds is 13. The maximum absolute atomic E-state index is 9.77. The Morgan fingerprint density at radius 2 is 1.25 bits per heavy atom. The summed E-state index contributed by atoms with van der Waals surface area (Å²) >= 11 is 0. The second kappa shape index (κ2) is 35.8. The van der Waals surface area contributed by atoms with E-state index in [-0.39, 0.29) is 12.3 Å². The molecule has 0 spiro atoms. The number of para-hydroxylation sites is 3. The maximum atomic E-state index is 9.77. The van der Waals surface area contributed by atoms with E-state index in [9.17, 15) is 4.79 Å². The fourth-order valence-electron chi connectivity index (χ4n) is 6.04. The smallest absolute Gasteiger partial charge is 0.153 e. The van der Waals surface area contributed by atoms with Crippen molar-refractivity contribution in [2.24, 2.45) is 0 Å². The van der Waals surface area contributed by atoms with Crippen molar-refractivity contribution in [2.45, 2.75) is 188 Å². The van der Waals surface area contributed by atoms with Crippen LogP contribution in [0.3, 0.4) is 0 Å². The number of unbranched alkanes of at least 4 members (excludes halogenated alkanes) is 7. The van der Waals surface area contributed by atoms with Crippen LogP contribution < -0.4 is 0 Å². The molecule has 2 heterocycles. The van der Waals surface area contributed by atoms with E-state index in [1.54, 1.807) is 0 Å². The van der Waals surface area contributed by atoms with E-state index in [1.165, 1.54) is 96.3 Å². The van der Waals surface area contributed by atoms with Crippen molar-refractivity contribution in [1.29, 1.82) is 0 Å². The normalized spacial score (nSPS) is 14.4. The van der Waals surface area contributed by atoms with Crippen LogP contribution in [0.15, 0.2) is 48.5 Å². The molecule has 10 heteroatoms. The summed E-state index contributed by atoms with van der Waals surface area (Å²) in [6, 6.07) is 15.9. The number of hydrogen-bond donors (Lipinski definition) is 3. The van der Waals surface area contributed by atoms with Gasteiger partial charge in [0.25, 0.3) is 0 Å². The van der Waals surface area contributed by atoms with Gasteiger partial charge in [0.2, 0.25) is 0 Å². The zero-order valence-electron chi connectivity index (χ0n) is 34.5. The Labute approximate surface area is 321 Å². The first-order valence-corrected chi connectivity index (χ1v) is 20.9. The molecule has 0 aliphatic heterocycles. The SMILES string of the molecule is CC.CC.CCCCCCC(OC1CCCCC1)n1nnc2ccccc21.CCCCCCC=O.CO.OC1CCCCC1.c1ccc2n[nH]nc2c1. The van der Waals surface area contributed by atoms with E-state index in [1.807, 2.05) is 68.8 Å². The molecule has 1 atom stereocenters. The summed E-state index contributed by atoms with van der Waals surface area (Å²) in [5, 5.41) is 34.9. The van der Waals surface area contributed by atoms with Crippen LogP contribution in [-0.4, -0.2) is 66.2 Å². The number of hydrogen-bond acceptors (Lipinski definition) is 8. The highest BCUT2D eigenvalue weighted by molar-refractivity contribution is 5.74. The molecule has 0 radical (unpaired) electrons. The number of aliphatic hydroxyl groups excluding tert-OH is 2. The molecule has 2 aliphatic rings. The lowest BCUT2D eigenvalue weighted by Crippen LogP contribution is -2.24. The molecule has 6 rings (SSSR count). The molecule has 2 fully saturated rings. The summed E-state index contributed by atoms with van der Waals surface area (Å²) in [5.74, 6) is 0. The lowest BCUT2D eigenvalue weighted by molar-refractivity contribution is -0.107. The Kier molecular flexibility index (Phi) is 33.6. The van der Waals surface area contributed by atoms with Gasteiger partial charge in [0.1, 0.15) is 22.8 Å². The van der Waals surface area contributed by atoms with Gasteiger partial charge < -0.3 is 19.7 Å². The lowest BCUT2D eigenvalue weighted by atomic mass is 9.97. The van der Waals surface area contributed by atoms with Crippen LogP contribution in [0.1, 0.15) is 176 Å². The molecule has 2 aromatic carbocycles. The van der Waals surface area contributed by atoms with Crippen molar-refractivity contribution in [3.05, 3.63) is 48.5 Å². The summed E-state index contributed by atoms with van der Waals surface area (Å²) in [5.41, 5.74) is 3.87. The summed E-state index contributed by atoms with van der Waals surface area (Å²) < 4.78 is 8.49. The van der Waals surface area contributed by atoms with E-state index >= 15 is 0 Å². The number of aldehydes is 1. The van der Waals surface area contributed by atoms with Gasteiger partial charge in [-0.25, -0.2) is 4.68 Å². The van der Waals surface area contributed by atoms with Gasteiger partial charge in [-0.1, -0.05) is 148 Å². The van der Waals surface area contributed by atoms with Gasteiger partial charge in [0, 0.05) is 13.5 Å². The van der Waals surface area contributed by atoms with Crippen molar-refractivity contribution in [3.8, 4) is 0 Å². The van der Waals surface area contributed by atoms with Gasteiger partial charge in [-0.05, 0) is 69.2 Å². The molecule has 0 bridgehead atoms. The maximum Gasteiger partial charge on any atom is 0.153 e. The number of nitrogens with zero attached hydrogens (tertiary/aromatic N) is 5. The summed E-state index contributed by atoms with van der Waals surface area (Å²) in [6.07, 6.45) is 25.3. The summed E-state index contributed by atoms with van der Waals surface area (Å²) in [6.45, 7) is 12.4. The number of aromatic amines is 1. The standard InChI is InChI=1S/C19H29N3O.C7H14O.C6H5N3.C6H12O.2C2H6.CH4O/c1-2-3-4-8-15-19(23-16-11-6-5-7-12-16)22-18-14-10-9-13-17(18)20-21-22;1-2-3-4-5-6-7-8;1-2-4-6-5(3-1)7-9-8-6;7-6-4-2-1-3-5-6;3*1-2/h9-10,13-14,16,19H,2-8,11-12,15H2,1H3;7H,2-6H2,1H3;1-4H,(H,7,8,9);6-7H,1-5H2;2*1-2H3;2H,1H3. The fourth-order valence-corrected chi connectivity index (χ4v) is 6.04. The highest BCUT2D eigenvalue weighted by Crippen LogP contribution is 2.28. The van der Waals surface area contributed by atoms with Crippen molar-refractivity contribution in [1.82, 2.24) is 30.4 Å². The quantitative estimate of drug-likeness (QED) is 0.0909. The van der Waals surface area contributed by atoms with Crippen LogP contribution in [0.2, 0.25) is 0 Å². The predicted octanol–water partition coefficient (Wildman–Crippen LogP) is 11.3. The number of carbonyl (C=O) groups excluding carboxylic acids is 1. The minimum atomic E-state index is 0.0300. The molecular weight excluding hydrogens is 665 g/mol. The number of ether oxygens (including phenoxy) is 1. The molecule has 53 heavy (non-hydrogen) atoms. The van der Waals surface area contributed by atoms with Crippen molar-refractivity contribution >= 4 is 28.4 Å². The zero-order valence-corrected chi connectivity index (χ0v) is 34.5. The first-order chi connectivity index (χ1) is 26.2. The summed E-state index contributed by atoms with van der Waals surface area (Å²) in [4.78, 5) is 9.77. The Morgan fingerprint density at radius 1 is 0.736 bits per heavy atom. The third-order valence-corrected chi connectivity index (χ3v) is 8.83. The molecule has 2 aromatic heterocycles. The number of fused-ring (bicyclic) bond motifs is 2. The Bertz CT molecular complexity index is 1300. The summed E-state index contributed by atoms with van der Waals surface area (Å²) in [7, 11) is 1.00. The van der Waals surface area contributed by atoms with Crippen LogP contribution in [0.25, 0.3) is 22.1 Å².